The largest absolute Gasteiger partial charge is 0.487 e. The minimum Gasteiger partial charge on any atom is -0.487 e. The lowest BCUT2D eigenvalue weighted by atomic mass is 9.90. The zero-order valence-corrected chi connectivity index (χ0v) is 15.5. The minimum atomic E-state index is -0.223. The van der Waals surface area contributed by atoms with E-state index in [2.05, 4.69) is 46.5 Å². The molecule has 2 aromatic carbocycles. The first-order valence-electron chi connectivity index (χ1n) is 7.54. The quantitative estimate of drug-likeness (QED) is 0.703. The van der Waals surface area contributed by atoms with Gasteiger partial charge in [-0.3, -0.25) is 0 Å². The van der Waals surface area contributed by atoms with Gasteiger partial charge >= 0.3 is 0 Å². The van der Waals surface area contributed by atoms with Crippen molar-refractivity contribution in [3.8, 4) is 5.75 Å². The number of fused-ring (bicyclic) bond motifs is 1. The lowest BCUT2D eigenvalue weighted by Crippen LogP contribution is -2.42. The highest BCUT2D eigenvalue weighted by atomic mass is 79.9. The summed E-state index contributed by atoms with van der Waals surface area (Å²) in [4.78, 5) is 0. The Kier molecular flexibility index (Phi) is 4.60. The van der Waals surface area contributed by atoms with Gasteiger partial charge in [-0.25, -0.2) is 0 Å². The average molecular weight is 391 g/mol. The van der Waals surface area contributed by atoms with Crippen molar-refractivity contribution in [2.75, 3.05) is 5.32 Å². The van der Waals surface area contributed by atoms with E-state index in [0.717, 1.165) is 27.9 Å². The van der Waals surface area contributed by atoms with Crippen molar-refractivity contribution in [2.45, 2.75) is 31.9 Å². The van der Waals surface area contributed by atoms with Gasteiger partial charge in [0.1, 0.15) is 11.4 Å². The summed E-state index contributed by atoms with van der Waals surface area (Å²) in [5, 5.41) is 7.27. The normalized spacial score (nSPS) is 18.5. The molecule has 2 N–H and O–H groups in total. The molecular weight excluding hydrogens is 372 g/mol. The summed E-state index contributed by atoms with van der Waals surface area (Å²) >= 11 is 8.91. The summed E-state index contributed by atoms with van der Waals surface area (Å²) in [6.07, 6.45) is 0.853. The van der Waals surface area contributed by atoms with Crippen molar-refractivity contribution in [3.05, 3.63) is 58.6 Å². The van der Waals surface area contributed by atoms with Crippen LogP contribution in [0, 0.1) is 0 Å². The topological polar surface area (TPSA) is 33.3 Å². The van der Waals surface area contributed by atoms with Crippen LogP contribution in [0.15, 0.2) is 53.0 Å². The molecular formula is C18H19BrN2OS. The van der Waals surface area contributed by atoms with E-state index in [0.29, 0.717) is 5.11 Å². The van der Waals surface area contributed by atoms with E-state index in [4.69, 9.17) is 17.0 Å². The fraction of sp³-hybridized carbons (Fsp3) is 0.278. The molecule has 0 aliphatic carbocycles. The number of nitrogens with one attached hydrogen (secondary N) is 2. The van der Waals surface area contributed by atoms with Crippen LogP contribution in [0.4, 0.5) is 5.69 Å². The molecule has 120 valence electrons. The highest BCUT2D eigenvalue weighted by Crippen LogP contribution is 2.39. The maximum atomic E-state index is 6.05. The van der Waals surface area contributed by atoms with E-state index in [-0.39, 0.29) is 11.6 Å². The van der Waals surface area contributed by atoms with Gasteiger partial charge in [-0.15, -0.1) is 0 Å². The molecule has 23 heavy (non-hydrogen) atoms. The third kappa shape index (κ3) is 4.03. The van der Waals surface area contributed by atoms with Gasteiger partial charge in [-0.1, -0.05) is 34.1 Å². The summed E-state index contributed by atoms with van der Waals surface area (Å²) < 4.78 is 7.10. The predicted molar refractivity (Wildman–Crippen MR) is 102 cm³/mol. The molecule has 3 nitrogen and oxygen atoms in total. The third-order valence-corrected chi connectivity index (χ3v) is 4.53. The molecule has 0 fully saturated rings. The fourth-order valence-electron chi connectivity index (χ4n) is 2.79. The summed E-state index contributed by atoms with van der Waals surface area (Å²) in [6, 6.07) is 16.2. The van der Waals surface area contributed by atoms with Crippen LogP contribution in [-0.4, -0.2) is 10.7 Å². The van der Waals surface area contributed by atoms with Crippen LogP contribution in [-0.2, 0) is 0 Å². The molecule has 1 aliphatic rings. The number of benzene rings is 2. The Hall–Kier alpha value is -1.59. The van der Waals surface area contributed by atoms with Crippen molar-refractivity contribution in [3.63, 3.8) is 0 Å². The standard InChI is InChI=1S/C18H19BrN2OS/c1-18(2)11-15(14-5-3-4-6-16(14)22-18)21-17(23)20-13-9-7-12(19)8-10-13/h3-10,15H,11H2,1-2H3,(H2,20,21,23)/t15-/m0/s1. The monoisotopic (exact) mass is 390 g/mol. The van der Waals surface area contributed by atoms with E-state index in [1.54, 1.807) is 0 Å². The second-order valence-corrected chi connectivity index (χ2v) is 7.59. The van der Waals surface area contributed by atoms with Crippen LogP contribution in [0.2, 0.25) is 0 Å². The average Bonchev–Trinajstić information content (AvgIpc) is 2.48. The van der Waals surface area contributed by atoms with E-state index in [1.807, 2.05) is 42.5 Å². The first kappa shape index (κ1) is 16.3. The smallest absolute Gasteiger partial charge is 0.171 e. The van der Waals surface area contributed by atoms with Crippen molar-refractivity contribution in [2.24, 2.45) is 0 Å². The first-order chi connectivity index (χ1) is 10.9. The molecule has 0 aromatic heterocycles. The van der Waals surface area contributed by atoms with Crippen LogP contribution in [0.25, 0.3) is 0 Å². The lowest BCUT2D eigenvalue weighted by Gasteiger charge is -2.38. The second-order valence-electron chi connectivity index (χ2n) is 6.26. The zero-order chi connectivity index (χ0) is 16.4. The molecule has 2 aromatic rings. The Morgan fingerprint density at radius 3 is 2.61 bits per heavy atom. The molecule has 1 aliphatic heterocycles. The van der Waals surface area contributed by atoms with Crippen molar-refractivity contribution < 1.29 is 4.74 Å². The van der Waals surface area contributed by atoms with Gasteiger partial charge in [0.05, 0.1) is 6.04 Å². The van der Waals surface area contributed by atoms with Gasteiger partial charge in [0, 0.05) is 22.1 Å². The molecule has 5 heteroatoms. The van der Waals surface area contributed by atoms with Crippen molar-refractivity contribution >= 4 is 38.9 Å². The molecule has 0 amide bonds. The molecule has 1 atom stereocenters. The Labute approximate surface area is 150 Å². The van der Waals surface area contributed by atoms with Gasteiger partial charge in [-0.2, -0.15) is 0 Å². The molecule has 0 bridgehead atoms. The summed E-state index contributed by atoms with van der Waals surface area (Å²) in [5.41, 5.74) is 1.89. The van der Waals surface area contributed by atoms with E-state index >= 15 is 0 Å². The maximum Gasteiger partial charge on any atom is 0.171 e. The third-order valence-electron chi connectivity index (χ3n) is 3.78. The van der Waals surface area contributed by atoms with Gasteiger partial charge in [-0.05, 0) is 56.4 Å². The van der Waals surface area contributed by atoms with Crippen molar-refractivity contribution in [1.29, 1.82) is 0 Å². The number of ether oxygens (including phenoxy) is 1. The molecule has 0 saturated heterocycles. The summed E-state index contributed by atoms with van der Waals surface area (Å²) in [7, 11) is 0. The van der Waals surface area contributed by atoms with E-state index < -0.39 is 0 Å². The van der Waals surface area contributed by atoms with Gasteiger partial charge in [0.2, 0.25) is 0 Å². The van der Waals surface area contributed by atoms with Crippen LogP contribution >= 0.6 is 28.1 Å². The second kappa shape index (κ2) is 6.49. The summed E-state index contributed by atoms with van der Waals surface area (Å²) in [6.45, 7) is 4.20. The molecule has 0 saturated carbocycles. The molecule has 3 rings (SSSR count). The minimum absolute atomic E-state index is 0.130. The Bertz CT molecular complexity index is 715. The highest BCUT2D eigenvalue weighted by Gasteiger charge is 2.33. The van der Waals surface area contributed by atoms with Gasteiger partial charge in [0.25, 0.3) is 0 Å². The fourth-order valence-corrected chi connectivity index (χ4v) is 3.31. The van der Waals surface area contributed by atoms with E-state index in [1.165, 1.54) is 0 Å². The lowest BCUT2D eigenvalue weighted by molar-refractivity contribution is 0.0697. The van der Waals surface area contributed by atoms with Crippen LogP contribution in [0.3, 0.4) is 0 Å². The maximum absolute atomic E-state index is 6.05. The zero-order valence-electron chi connectivity index (χ0n) is 13.1. The molecule has 0 spiro atoms. The van der Waals surface area contributed by atoms with Crippen LogP contribution in [0.5, 0.6) is 5.75 Å². The number of para-hydroxylation sites is 1. The number of hydrogen-bond donors (Lipinski definition) is 2. The Morgan fingerprint density at radius 1 is 1.17 bits per heavy atom. The highest BCUT2D eigenvalue weighted by molar-refractivity contribution is 9.10. The van der Waals surface area contributed by atoms with Crippen LogP contribution in [0.1, 0.15) is 31.9 Å². The molecule has 0 radical (unpaired) electrons. The number of thiocarbonyl (C=S) groups is 1. The number of hydrogen-bond acceptors (Lipinski definition) is 2. The van der Waals surface area contributed by atoms with Gasteiger partial charge in [0.15, 0.2) is 5.11 Å². The molecule has 1 heterocycles. The van der Waals surface area contributed by atoms with E-state index in [9.17, 15) is 0 Å². The molecule has 0 unspecified atom stereocenters. The van der Waals surface area contributed by atoms with Gasteiger partial charge < -0.3 is 15.4 Å². The Balaban J connectivity index is 1.74. The number of halogens is 1. The SMILES string of the molecule is CC1(C)C[C@H](NC(=S)Nc2ccc(Br)cc2)c2ccccc2O1. The predicted octanol–water partition coefficient (Wildman–Crippen LogP) is 5.04. The van der Waals surface area contributed by atoms with Crippen molar-refractivity contribution in [1.82, 2.24) is 5.32 Å². The summed E-state index contributed by atoms with van der Waals surface area (Å²) in [5.74, 6) is 0.924. The first-order valence-corrected chi connectivity index (χ1v) is 8.74. The van der Waals surface area contributed by atoms with Crippen LogP contribution < -0.4 is 15.4 Å². The number of rotatable bonds is 2. The Morgan fingerprint density at radius 2 is 1.87 bits per heavy atom. The number of anilines is 1.